The van der Waals surface area contributed by atoms with Crippen molar-refractivity contribution in [3.05, 3.63) is 48.0 Å². The standard InChI is InChI=1S/C18H23NO/c1-3-4-5-13-18(19-14(2)20)17-12-8-10-15-9-6-7-11-16(15)17/h6-12,18H,3-5,13H2,1-2H3,(H,19,20)/t18-/m0/s1. The lowest BCUT2D eigenvalue weighted by molar-refractivity contribution is -0.119. The van der Waals surface area contributed by atoms with Gasteiger partial charge in [-0.1, -0.05) is 68.7 Å². The van der Waals surface area contributed by atoms with Crippen molar-refractivity contribution in [1.29, 1.82) is 0 Å². The first-order valence-corrected chi connectivity index (χ1v) is 7.47. The van der Waals surface area contributed by atoms with Crippen molar-refractivity contribution in [2.45, 2.75) is 45.6 Å². The molecule has 0 aromatic heterocycles. The molecule has 0 aliphatic rings. The van der Waals surface area contributed by atoms with Gasteiger partial charge >= 0.3 is 0 Å². The van der Waals surface area contributed by atoms with E-state index in [1.54, 1.807) is 6.92 Å². The second kappa shape index (κ2) is 7.09. The highest BCUT2D eigenvalue weighted by Crippen LogP contribution is 2.27. The lowest BCUT2D eigenvalue weighted by atomic mass is 9.95. The predicted molar refractivity (Wildman–Crippen MR) is 84.6 cm³/mol. The number of amides is 1. The third kappa shape index (κ3) is 3.60. The van der Waals surface area contributed by atoms with Crippen LogP contribution in [0.25, 0.3) is 10.8 Å². The average molecular weight is 269 g/mol. The van der Waals surface area contributed by atoms with E-state index in [4.69, 9.17) is 0 Å². The van der Waals surface area contributed by atoms with Gasteiger partial charge in [0.1, 0.15) is 0 Å². The molecule has 0 spiro atoms. The number of benzene rings is 2. The van der Waals surface area contributed by atoms with Crippen LogP contribution in [0.3, 0.4) is 0 Å². The number of fused-ring (bicyclic) bond motifs is 1. The maximum Gasteiger partial charge on any atom is 0.217 e. The summed E-state index contributed by atoms with van der Waals surface area (Å²) in [5, 5.41) is 5.58. The summed E-state index contributed by atoms with van der Waals surface area (Å²) in [5.41, 5.74) is 1.23. The van der Waals surface area contributed by atoms with Crippen molar-refractivity contribution in [3.63, 3.8) is 0 Å². The maximum absolute atomic E-state index is 11.5. The van der Waals surface area contributed by atoms with E-state index in [0.29, 0.717) is 0 Å². The number of carbonyl (C=O) groups is 1. The van der Waals surface area contributed by atoms with E-state index < -0.39 is 0 Å². The number of hydrogen-bond acceptors (Lipinski definition) is 1. The van der Waals surface area contributed by atoms with Crippen LogP contribution in [-0.4, -0.2) is 5.91 Å². The Labute approximate surface area is 121 Å². The number of nitrogens with one attached hydrogen (secondary N) is 1. The molecule has 0 fully saturated rings. The molecule has 20 heavy (non-hydrogen) atoms. The molecule has 0 aliphatic carbocycles. The zero-order valence-corrected chi connectivity index (χ0v) is 12.4. The van der Waals surface area contributed by atoms with Crippen LogP contribution in [-0.2, 0) is 4.79 Å². The van der Waals surface area contributed by atoms with E-state index in [1.165, 1.54) is 29.2 Å². The number of hydrogen-bond donors (Lipinski definition) is 1. The molecule has 1 atom stereocenters. The van der Waals surface area contributed by atoms with Crippen LogP contribution in [0.4, 0.5) is 0 Å². The van der Waals surface area contributed by atoms with Gasteiger partial charge in [-0.25, -0.2) is 0 Å². The second-order valence-electron chi connectivity index (χ2n) is 5.32. The minimum atomic E-state index is 0.0411. The smallest absolute Gasteiger partial charge is 0.217 e. The van der Waals surface area contributed by atoms with Crippen molar-refractivity contribution in [1.82, 2.24) is 5.32 Å². The summed E-state index contributed by atoms with van der Waals surface area (Å²) in [6.45, 7) is 3.79. The summed E-state index contributed by atoms with van der Waals surface area (Å²) in [6.07, 6.45) is 4.55. The molecule has 2 heteroatoms. The Bertz CT molecular complexity index is 571. The summed E-state index contributed by atoms with van der Waals surface area (Å²) >= 11 is 0. The van der Waals surface area contributed by atoms with Gasteiger partial charge in [-0.05, 0) is 22.8 Å². The molecule has 1 N–H and O–H groups in total. The highest BCUT2D eigenvalue weighted by molar-refractivity contribution is 5.86. The molecular formula is C18H23NO. The van der Waals surface area contributed by atoms with E-state index in [1.807, 2.05) is 0 Å². The minimum absolute atomic E-state index is 0.0411. The zero-order chi connectivity index (χ0) is 14.4. The van der Waals surface area contributed by atoms with Crippen LogP contribution in [0.2, 0.25) is 0 Å². The Kier molecular flexibility index (Phi) is 5.16. The number of rotatable bonds is 6. The lowest BCUT2D eigenvalue weighted by Crippen LogP contribution is -2.26. The highest BCUT2D eigenvalue weighted by atomic mass is 16.1. The van der Waals surface area contributed by atoms with E-state index in [9.17, 15) is 4.79 Å². The Hall–Kier alpha value is -1.83. The van der Waals surface area contributed by atoms with Gasteiger partial charge in [0.2, 0.25) is 5.91 Å². The van der Waals surface area contributed by atoms with E-state index in [0.717, 1.165) is 12.8 Å². The first-order valence-electron chi connectivity index (χ1n) is 7.47. The minimum Gasteiger partial charge on any atom is -0.350 e. The third-order valence-electron chi connectivity index (χ3n) is 3.67. The van der Waals surface area contributed by atoms with Crippen LogP contribution in [0, 0.1) is 0 Å². The summed E-state index contributed by atoms with van der Waals surface area (Å²) in [7, 11) is 0. The normalized spacial score (nSPS) is 12.3. The van der Waals surface area contributed by atoms with E-state index in [-0.39, 0.29) is 11.9 Å². The van der Waals surface area contributed by atoms with Gasteiger partial charge in [0, 0.05) is 6.92 Å². The van der Waals surface area contributed by atoms with E-state index in [2.05, 4.69) is 54.7 Å². The van der Waals surface area contributed by atoms with Crippen LogP contribution >= 0.6 is 0 Å². The molecule has 0 bridgehead atoms. The molecule has 2 rings (SSSR count). The molecule has 2 aromatic rings. The lowest BCUT2D eigenvalue weighted by Gasteiger charge is -2.20. The number of unbranched alkanes of at least 4 members (excludes halogenated alkanes) is 2. The highest BCUT2D eigenvalue weighted by Gasteiger charge is 2.14. The van der Waals surface area contributed by atoms with Crippen LogP contribution in [0.1, 0.15) is 51.1 Å². The predicted octanol–water partition coefficient (Wildman–Crippen LogP) is 4.60. The fourth-order valence-electron chi connectivity index (χ4n) is 2.70. The second-order valence-corrected chi connectivity index (χ2v) is 5.32. The van der Waals surface area contributed by atoms with Gasteiger partial charge in [-0.2, -0.15) is 0 Å². The Balaban J connectivity index is 2.31. The van der Waals surface area contributed by atoms with E-state index >= 15 is 0 Å². The van der Waals surface area contributed by atoms with Crippen LogP contribution < -0.4 is 5.32 Å². The average Bonchev–Trinajstić information content (AvgIpc) is 2.45. The van der Waals surface area contributed by atoms with Crippen molar-refractivity contribution in [2.24, 2.45) is 0 Å². The maximum atomic E-state index is 11.5. The molecule has 2 nitrogen and oxygen atoms in total. The van der Waals surface area contributed by atoms with Crippen LogP contribution in [0.5, 0.6) is 0 Å². The molecule has 1 amide bonds. The monoisotopic (exact) mass is 269 g/mol. The van der Waals surface area contributed by atoms with Gasteiger partial charge in [0.25, 0.3) is 0 Å². The van der Waals surface area contributed by atoms with Crippen molar-refractivity contribution < 1.29 is 4.79 Å². The SMILES string of the molecule is CCCCC[C@H](NC(C)=O)c1cccc2ccccc12. The zero-order valence-electron chi connectivity index (χ0n) is 12.4. The first-order chi connectivity index (χ1) is 9.72. The summed E-state index contributed by atoms with van der Waals surface area (Å²) in [4.78, 5) is 11.5. The summed E-state index contributed by atoms with van der Waals surface area (Å²) in [6, 6.07) is 14.8. The molecular weight excluding hydrogens is 246 g/mol. The van der Waals surface area contributed by atoms with Crippen molar-refractivity contribution >= 4 is 16.7 Å². The van der Waals surface area contributed by atoms with Gasteiger partial charge in [-0.15, -0.1) is 0 Å². The first kappa shape index (κ1) is 14.6. The molecule has 0 heterocycles. The molecule has 0 unspecified atom stereocenters. The Morgan fingerprint density at radius 2 is 1.85 bits per heavy atom. The Morgan fingerprint density at radius 3 is 2.60 bits per heavy atom. The quantitative estimate of drug-likeness (QED) is 0.763. The van der Waals surface area contributed by atoms with Gasteiger partial charge in [0.05, 0.1) is 6.04 Å². The fourth-order valence-corrected chi connectivity index (χ4v) is 2.70. The van der Waals surface area contributed by atoms with Crippen molar-refractivity contribution in [2.75, 3.05) is 0 Å². The van der Waals surface area contributed by atoms with Gasteiger partial charge < -0.3 is 5.32 Å². The van der Waals surface area contributed by atoms with Crippen molar-refractivity contribution in [3.8, 4) is 0 Å². The van der Waals surface area contributed by atoms with Gasteiger partial charge in [0.15, 0.2) is 0 Å². The molecule has 0 saturated carbocycles. The topological polar surface area (TPSA) is 29.1 Å². The number of carbonyl (C=O) groups excluding carboxylic acids is 1. The van der Waals surface area contributed by atoms with Crippen LogP contribution in [0.15, 0.2) is 42.5 Å². The molecule has 2 aromatic carbocycles. The summed E-state index contributed by atoms with van der Waals surface area (Å²) in [5.74, 6) is 0.0411. The molecule has 106 valence electrons. The molecule has 0 aliphatic heterocycles. The molecule has 0 saturated heterocycles. The Morgan fingerprint density at radius 1 is 1.10 bits per heavy atom. The summed E-state index contributed by atoms with van der Waals surface area (Å²) < 4.78 is 0. The third-order valence-corrected chi connectivity index (χ3v) is 3.67. The fraction of sp³-hybridized carbons (Fsp3) is 0.389. The largest absolute Gasteiger partial charge is 0.350 e. The molecule has 0 radical (unpaired) electrons. The van der Waals surface area contributed by atoms with Gasteiger partial charge in [-0.3, -0.25) is 4.79 Å².